The van der Waals surface area contributed by atoms with Crippen molar-refractivity contribution >= 4 is 19.8 Å². The first kappa shape index (κ1) is 57.7. The highest BCUT2D eigenvalue weighted by Gasteiger charge is 2.26. The molecule has 0 bridgehead atoms. The second-order valence-corrected chi connectivity index (χ2v) is 17.5. The van der Waals surface area contributed by atoms with Crippen molar-refractivity contribution in [1.82, 2.24) is 0 Å². The summed E-state index contributed by atoms with van der Waals surface area (Å²) >= 11 is 0. The molecule has 0 aliphatic carbocycles. The zero-order valence-corrected chi connectivity index (χ0v) is 40.3. The van der Waals surface area contributed by atoms with Gasteiger partial charge in [0.05, 0.1) is 19.3 Å². The Labute approximate surface area is 380 Å². The molecule has 2 unspecified atom stereocenters. The molecule has 1 rings (SSSR count). The molecule has 12 heteroatoms. The Morgan fingerprint density at radius 3 is 1.86 bits per heavy atom. The number of aryl methyl sites for hydroxylation is 2. The minimum absolute atomic E-state index is 0.0290. The quantitative estimate of drug-likeness (QED) is 0.0188. The summed E-state index contributed by atoms with van der Waals surface area (Å²) in [5.74, 6) is 1.39. The van der Waals surface area contributed by atoms with Gasteiger partial charge in [0.1, 0.15) is 18.1 Å². The molecule has 0 aromatic carbocycles. The van der Waals surface area contributed by atoms with Crippen LogP contribution in [0.4, 0.5) is 0 Å². The number of nitrogens with two attached hydrogens (primary N) is 1. The van der Waals surface area contributed by atoms with E-state index < -0.39 is 38.6 Å². The topological polar surface area (TPSA) is 168 Å². The molecule has 0 aliphatic rings. The first-order chi connectivity index (χ1) is 30.5. The number of aliphatic hydroxyl groups is 1. The number of unbranched alkanes of at least 4 members (excludes halogenated alkanes) is 11. The van der Waals surface area contributed by atoms with Crippen LogP contribution >= 0.6 is 7.82 Å². The summed E-state index contributed by atoms with van der Waals surface area (Å²) in [7, 11) is -4.42. The van der Waals surface area contributed by atoms with Crippen molar-refractivity contribution in [3.63, 3.8) is 0 Å². The van der Waals surface area contributed by atoms with Crippen molar-refractivity contribution in [3.05, 3.63) is 95.6 Å². The van der Waals surface area contributed by atoms with E-state index in [1.807, 2.05) is 42.5 Å². The van der Waals surface area contributed by atoms with Gasteiger partial charge in [0, 0.05) is 32.2 Å². The Kier molecular flexibility index (Phi) is 35.8. The van der Waals surface area contributed by atoms with Gasteiger partial charge >= 0.3 is 19.8 Å². The van der Waals surface area contributed by atoms with E-state index in [0.717, 1.165) is 64.2 Å². The fourth-order valence-electron chi connectivity index (χ4n) is 6.57. The first-order valence-electron chi connectivity index (χ1n) is 23.9. The molecule has 63 heavy (non-hydrogen) atoms. The van der Waals surface area contributed by atoms with Crippen LogP contribution in [0.15, 0.2) is 77.3 Å². The third kappa shape index (κ3) is 32.9. The van der Waals surface area contributed by atoms with E-state index >= 15 is 0 Å². The molecule has 0 fully saturated rings. The predicted octanol–water partition coefficient (Wildman–Crippen LogP) is 12.5. The summed E-state index contributed by atoms with van der Waals surface area (Å²) in [6.45, 7) is 7.75. The van der Waals surface area contributed by atoms with E-state index in [1.165, 1.54) is 74.0 Å². The van der Waals surface area contributed by atoms with Gasteiger partial charge in [0.15, 0.2) is 6.10 Å². The van der Waals surface area contributed by atoms with Crippen LogP contribution in [0.5, 0.6) is 0 Å². The number of phosphoric acid groups is 1. The molecule has 11 nitrogen and oxygen atoms in total. The molecule has 0 amide bonds. The zero-order valence-electron chi connectivity index (χ0n) is 39.4. The van der Waals surface area contributed by atoms with Crippen LogP contribution in [-0.4, -0.2) is 60.5 Å². The highest BCUT2D eigenvalue weighted by molar-refractivity contribution is 7.47. The standard InChI is InChI=1S/C51H84NO10P/c1-5-7-28-34-46(53)35-30-24-20-16-12-10-9-11-13-18-22-26-32-38-50(54)58-42-47(43-60-63(56,57)59-41-40-52)61-51(55)39-33-27-23-19-15-14-17-21-25-31-37-49-45(4)44(3)48(62-49)36-29-8-6-2/h7,10-13,20,22,24,26,28,30,35,46-47,53H,5-6,8-9,14-19,21,23,25,27,29,31-34,36-43,52H2,1-4H3,(H,56,57)/b12-10-,13-11-,24-20+,26-22-,28-7-,35-30+/t46?,47-/m1/s1. The minimum atomic E-state index is -4.42. The van der Waals surface area contributed by atoms with Crippen molar-refractivity contribution < 1.29 is 47.1 Å². The van der Waals surface area contributed by atoms with Crippen LogP contribution in [-0.2, 0) is 45.5 Å². The lowest BCUT2D eigenvalue weighted by atomic mass is 10.0. The van der Waals surface area contributed by atoms with Crippen molar-refractivity contribution in [2.75, 3.05) is 26.4 Å². The molecule has 0 aliphatic heterocycles. The lowest BCUT2D eigenvalue weighted by Crippen LogP contribution is -2.29. The third-order valence-corrected chi connectivity index (χ3v) is 11.4. The number of aliphatic hydroxyl groups excluding tert-OH is 1. The second kappa shape index (κ2) is 39.1. The Morgan fingerprint density at radius 2 is 1.25 bits per heavy atom. The molecule has 0 radical (unpaired) electrons. The van der Waals surface area contributed by atoms with Gasteiger partial charge in [-0.05, 0) is 82.8 Å². The fourth-order valence-corrected chi connectivity index (χ4v) is 7.34. The van der Waals surface area contributed by atoms with Crippen molar-refractivity contribution in [2.24, 2.45) is 5.73 Å². The number of phosphoric ester groups is 1. The molecule has 0 saturated carbocycles. The Hall–Kier alpha value is -3.31. The Bertz CT molecular complexity index is 1560. The highest BCUT2D eigenvalue weighted by Crippen LogP contribution is 2.43. The van der Waals surface area contributed by atoms with Gasteiger partial charge < -0.3 is 29.6 Å². The number of carbonyl (C=O) groups excluding carboxylic acids is 2. The van der Waals surface area contributed by atoms with Gasteiger partial charge in [-0.2, -0.15) is 0 Å². The molecule has 4 N–H and O–H groups in total. The zero-order chi connectivity index (χ0) is 46.2. The molecule has 358 valence electrons. The van der Waals surface area contributed by atoms with Crippen molar-refractivity contribution in [3.8, 4) is 0 Å². The van der Waals surface area contributed by atoms with Gasteiger partial charge in [-0.15, -0.1) is 0 Å². The maximum atomic E-state index is 12.7. The normalized spacial score (nSPS) is 14.3. The molecule has 0 saturated heterocycles. The fraction of sp³-hybridized carbons (Fsp3) is 0.647. The van der Waals surface area contributed by atoms with E-state index in [0.29, 0.717) is 19.3 Å². The SMILES string of the molecule is CC/C=C\CC(O)/C=C/C=C/C/C=C\C/C=C\C/C=C\CCC(=O)OC[C@H](COP(=O)(O)OCCN)OC(=O)CCCCCCCCCCCCc1oc(CCCCC)c(C)c1C. The highest BCUT2D eigenvalue weighted by atomic mass is 31.2. The lowest BCUT2D eigenvalue weighted by Gasteiger charge is -2.19. The number of ether oxygens (including phenoxy) is 2. The smallest absolute Gasteiger partial charge is 0.466 e. The predicted molar refractivity (Wildman–Crippen MR) is 256 cm³/mol. The molecule has 3 atom stereocenters. The Balaban J connectivity index is 2.28. The number of rotatable bonds is 40. The van der Waals surface area contributed by atoms with Crippen molar-refractivity contribution in [1.29, 1.82) is 0 Å². The van der Waals surface area contributed by atoms with Crippen LogP contribution in [0.2, 0.25) is 0 Å². The maximum Gasteiger partial charge on any atom is 0.472 e. The number of esters is 2. The lowest BCUT2D eigenvalue weighted by molar-refractivity contribution is -0.161. The first-order valence-corrected chi connectivity index (χ1v) is 25.4. The van der Waals surface area contributed by atoms with E-state index in [9.17, 15) is 24.2 Å². The molecular formula is C51H84NO10P. The van der Waals surface area contributed by atoms with Gasteiger partial charge in [-0.1, -0.05) is 151 Å². The monoisotopic (exact) mass is 902 g/mol. The number of hydrogen-bond donors (Lipinski definition) is 3. The summed E-state index contributed by atoms with van der Waals surface area (Å²) in [4.78, 5) is 35.0. The van der Waals surface area contributed by atoms with Gasteiger partial charge in [-0.3, -0.25) is 18.6 Å². The molecule has 0 spiro atoms. The molecule has 1 aromatic heterocycles. The number of allylic oxidation sites excluding steroid dienone is 10. The van der Waals surface area contributed by atoms with Gasteiger partial charge in [-0.25, -0.2) is 4.57 Å². The minimum Gasteiger partial charge on any atom is -0.466 e. The molecule has 1 aromatic rings. The van der Waals surface area contributed by atoms with E-state index in [1.54, 1.807) is 6.08 Å². The van der Waals surface area contributed by atoms with E-state index in [2.05, 4.69) is 52.0 Å². The maximum absolute atomic E-state index is 12.7. The van der Waals surface area contributed by atoms with Crippen LogP contribution in [0.25, 0.3) is 0 Å². The number of furan rings is 1. The van der Waals surface area contributed by atoms with Crippen molar-refractivity contribution in [2.45, 2.75) is 188 Å². The number of hydrogen-bond acceptors (Lipinski definition) is 10. The van der Waals surface area contributed by atoms with E-state index in [-0.39, 0.29) is 32.6 Å². The van der Waals surface area contributed by atoms with Crippen LogP contribution in [0, 0.1) is 13.8 Å². The Morgan fingerprint density at radius 1 is 0.683 bits per heavy atom. The average molecular weight is 902 g/mol. The second-order valence-electron chi connectivity index (χ2n) is 16.0. The van der Waals surface area contributed by atoms with Crippen LogP contribution in [0.1, 0.15) is 171 Å². The average Bonchev–Trinajstić information content (AvgIpc) is 3.53. The summed E-state index contributed by atoms with van der Waals surface area (Å²) in [6, 6.07) is 0. The van der Waals surface area contributed by atoms with Gasteiger partial charge in [0.2, 0.25) is 0 Å². The van der Waals surface area contributed by atoms with Crippen LogP contribution < -0.4 is 5.73 Å². The summed E-state index contributed by atoms with van der Waals surface area (Å²) < 4.78 is 39.0. The summed E-state index contributed by atoms with van der Waals surface area (Å²) in [5.41, 5.74) is 8.03. The largest absolute Gasteiger partial charge is 0.472 e. The van der Waals surface area contributed by atoms with Gasteiger partial charge in [0.25, 0.3) is 0 Å². The van der Waals surface area contributed by atoms with Crippen LogP contribution in [0.3, 0.4) is 0 Å². The van der Waals surface area contributed by atoms with E-state index in [4.69, 9.17) is 28.7 Å². The number of carbonyl (C=O) groups is 2. The molecule has 1 heterocycles. The molecular weight excluding hydrogens is 818 g/mol. The summed E-state index contributed by atoms with van der Waals surface area (Å²) in [6.07, 6.45) is 43.8. The third-order valence-electron chi connectivity index (χ3n) is 10.4. The summed E-state index contributed by atoms with van der Waals surface area (Å²) in [5, 5.41) is 9.85.